The number of hydrogen-bond acceptors (Lipinski definition) is 5. The number of benzene rings is 1. The van der Waals surface area contributed by atoms with Crippen LogP contribution >= 0.6 is 0 Å². The number of nitrogens with zero attached hydrogens (tertiary/aromatic N) is 1. The molecule has 0 saturated heterocycles. The molecule has 1 rings (SSSR count). The van der Waals surface area contributed by atoms with Crippen molar-refractivity contribution in [3.8, 4) is 11.8 Å². The number of hydrogen-bond donors (Lipinski definition) is 1. The molecule has 1 N–H and O–H groups in total. The van der Waals surface area contributed by atoms with E-state index in [-0.39, 0.29) is 6.42 Å². The normalized spacial score (nSPS) is 9.00. The lowest BCUT2D eigenvalue weighted by atomic mass is 10.3. The van der Waals surface area contributed by atoms with Crippen LogP contribution in [-0.2, 0) is 9.63 Å². The van der Waals surface area contributed by atoms with Gasteiger partial charge >= 0.3 is 5.97 Å². The van der Waals surface area contributed by atoms with E-state index in [1.54, 1.807) is 30.3 Å². The molecular weight excluding hydrogens is 208 g/mol. The van der Waals surface area contributed by atoms with Crippen molar-refractivity contribution < 1.29 is 14.4 Å². The van der Waals surface area contributed by atoms with Gasteiger partial charge in [0.1, 0.15) is 12.2 Å². The summed E-state index contributed by atoms with van der Waals surface area (Å²) < 4.78 is 5.25. The standard InChI is InChI=1S/C11H12N2O3/c1-2-15-10-5-3-9(4-6-10)13-16-11(14)7-8-12/h3-6,13H,2,7H2,1H3. The maximum Gasteiger partial charge on any atom is 0.346 e. The molecule has 0 amide bonds. The number of carbonyl (C=O) groups excluding carboxylic acids is 1. The molecule has 16 heavy (non-hydrogen) atoms. The van der Waals surface area contributed by atoms with Crippen molar-refractivity contribution in [2.24, 2.45) is 0 Å². The van der Waals surface area contributed by atoms with E-state index in [9.17, 15) is 4.79 Å². The van der Waals surface area contributed by atoms with Crippen LogP contribution < -0.4 is 10.2 Å². The van der Waals surface area contributed by atoms with Gasteiger partial charge < -0.3 is 9.57 Å². The Morgan fingerprint density at radius 2 is 2.12 bits per heavy atom. The van der Waals surface area contributed by atoms with Crippen molar-refractivity contribution in [3.63, 3.8) is 0 Å². The quantitative estimate of drug-likeness (QED) is 0.767. The fourth-order valence-corrected chi connectivity index (χ4v) is 1.00. The third-order valence-electron chi connectivity index (χ3n) is 1.67. The smallest absolute Gasteiger partial charge is 0.346 e. The number of nitrogens with one attached hydrogen (secondary N) is 1. The van der Waals surface area contributed by atoms with Gasteiger partial charge in [0.05, 0.1) is 18.4 Å². The van der Waals surface area contributed by atoms with Gasteiger partial charge in [0.15, 0.2) is 0 Å². The van der Waals surface area contributed by atoms with Crippen molar-refractivity contribution >= 4 is 11.7 Å². The van der Waals surface area contributed by atoms with Crippen LogP contribution in [0.2, 0.25) is 0 Å². The maximum absolute atomic E-state index is 10.9. The molecule has 1 aromatic carbocycles. The summed E-state index contributed by atoms with van der Waals surface area (Å²) in [5, 5.41) is 8.23. The topological polar surface area (TPSA) is 71.3 Å². The van der Waals surface area contributed by atoms with Gasteiger partial charge in [-0.15, -0.1) is 0 Å². The second-order valence-electron chi connectivity index (χ2n) is 2.87. The number of ether oxygens (including phenoxy) is 1. The Labute approximate surface area is 93.5 Å². The number of rotatable bonds is 5. The minimum absolute atomic E-state index is 0.274. The lowest BCUT2D eigenvalue weighted by Gasteiger charge is -2.06. The Morgan fingerprint density at radius 3 is 2.69 bits per heavy atom. The molecule has 0 radical (unpaired) electrons. The third kappa shape index (κ3) is 3.88. The lowest BCUT2D eigenvalue weighted by molar-refractivity contribution is -0.139. The van der Waals surface area contributed by atoms with Gasteiger partial charge in [-0.25, -0.2) is 10.3 Å². The Kier molecular flexibility index (Phi) is 4.67. The van der Waals surface area contributed by atoms with Gasteiger partial charge in [0, 0.05) is 0 Å². The number of carbonyl (C=O) groups is 1. The Morgan fingerprint density at radius 1 is 1.44 bits per heavy atom. The summed E-state index contributed by atoms with van der Waals surface area (Å²) in [5.41, 5.74) is 3.06. The van der Waals surface area contributed by atoms with Gasteiger partial charge in [-0.2, -0.15) is 5.26 Å². The summed E-state index contributed by atoms with van der Waals surface area (Å²) in [4.78, 5) is 15.5. The lowest BCUT2D eigenvalue weighted by Crippen LogP contribution is -2.09. The van der Waals surface area contributed by atoms with Gasteiger partial charge in [0.25, 0.3) is 0 Å². The van der Waals surface area contributed by atoms with Crippen molar-refractivity contribution in [1.29, 1.82) is 5.26 Å². The molecular formula is C11H12N2O3. The molecule has 84 valence electrons. The molecule has 0 fully saturated rings. The number of nitriles is 1. The molecule has 5 nitrogen and oxygen atoms in total. The fraction of sp³-hybridized carbons (Fsp3) is 0.273. The molecule has 0 saturated carbocycles. The van der Waals surface area contributed by atoms with Crippen LogP contribution in [0, 0.1) is 11.3 Å². The summed E-state index contributed by atoms with van der Waals surface area (Å²) in [7, 11) is 0. The van der Waals surface area contributed by atoms with E-state index in [0.717, 1.165) is 5.75 Å². The van der Waals surface area contributed by atoms with Crippen LogP contribution in [-0.4, -0.2) is 12.6 Å². The van der Waals surface area contributed by atoms with E-state index in [2.05, 4.69) is 10.3 Å². The van der Waals surface area contributed by atoms with Crippen LogP contribution in [0.25, 0.3) is 0 Å². The Balaban J connectivity index is 2.43. The third-order valence-corrected chi connectivity index (χ3v) is 1.67. The summed E-state index contributed by atoms with van der Waals surface area (Å²) in [6.07, 6.45) is -0.274. The second kappa shape index (κ2) is 6.30. The first-order valence-corrected chi connectivity index (χ1v) is 4.81. The zero-order chi connectivity index (χ0) is 11.8. The highest BCUT2D eigenvalue weighted by molar-refractivity contribution is 5.72. The maximum atomic E-state index is 10.9. The van der Waals surface area contributed by atoms with Gasteiger partial charge in [-0.05, 0) is 31.2 Å². The molecule has 1 aromatic rings. The number of anilines is 1. The molecule has 0 bridgehead atoms. The van der Waals surface area contributed by atoms with Crippen molar-refractivity contribution in [2.75, 3.05) is 12.1 Å². The van der Waals surface area contributed by atoms with Crippen LogP contribution in [0.3, 0.4) is 0 Å². The average molecular weight is 220 g/mol. The van der Waals surface area contributed by atoms with E-state index in [1.807, 2.05) is 6.92 Å². The molecule has 0 atom stereocenters. The second-order valence-corrected chi connectivity index (χ2v) is 2.87. The fourth-order valence-electron chi connectivity index (χ4n) is 1.00. The predicted octanol–water partition coefficient (Wildman–Crippen LogP) is 1.87. The first kappa shape index (κ1) is 11.9. The molecule has 0 aliphatic rings. The van der Waals surface area contributed by atoms with Crippen molar-refractivity contribution in [3.05, 3.63) is 24.3 Å². The monoisotopic (exact) mass is 220 g/mol. The molecule has 0 heterocycles. The van der Waals surface area contributed by atoms with Crippen LogP contribution in [0.1, 0.15) is 13.3 Å². The van der Waals surface area contributed by atoms with E-state index in [0.29, 0.717) is 12.3 Å². The largest absolute Gasteiger partial charge is 0.494 e. The van der Waals surface area contributed by atoms with Gasteiger partial charge in [0.2, 0.25) is 0 Å². The van der Waals surface area contributed by atoms with E-state index in [4.69, 9.17) is 10.00 Å². The molecule has 0 aliphatic carbocycles. The van der Waals surface area contributed by atoms with Gasteiger partial charge in [-0.3, -0.25) is 0 Å². The molecule has 5 heteroatoms. The first-order chi connectivity index (χ1) is 7.76. The zero-order valence-electron chi connectivity index (χ0n) is 8.90. The summed E-state index contributed by atoms with van der Waals surface area (Å²) >= 11 is 0. The van der Waals surface area contributed by atoms with Gasteiger partial charge in [-0.1, -0.05) is 0 Å². The predicted molar refractivity (Wildman–Crippen MR) is 57.6 cm³/mol. The summed E-state index contributed by atoms with van der Waals surface area (Å²) in [6, 6.07) is 8.63. The molecule has 0 unspecified atom stereocenters. The van der Waals surface area contributed by atoms with E-state index in [1.165, 1.54) is 0 Å². The zero-order valence-corrected chi connectivity index (χ0v) is 8.90. The van der Waals surface area contributed by atoms with Crippen LogP contribution in [0.15, 0.2) is 24.3 Å². The average Bonchev–Trinajstić information content (AvgIpc) is 2.29. The SMILES string of the molecule is CCOc1ccc(NOC(=O)CC#N)cc1. The van der Waals surface area contributed by atoms with Crippen molar-refractivity contribution in [2.45, 2.75) is 13.3 Å². The Bertz CT molecular complexity index is 381. The Hall–Kier alpha value is -2.22. The molecule has 0 aliphatic heterocycles. The summed E-state index contributed by atoms with van der Waals surface area (Å²) in [5.74, 6) is 0.132. The van der Waals surface area contributed by atoms with E-state index >= 15 is 0 Å². The molecule has 0 spiro atoms. The molecule has 0 aromatic heterocycles. The minimum atomic E-state index is -0.614. The van der Waals surface area contributed by atoms with Crippen molar-refractivity contribution in [1.82, 2.24) is 0 Å². The summed E-state index contributed by atoms with van der Waals surface area (Å²) in [6.45, 7) is 2.50. The minimum Gasteiger partial charge on any atom is -0.494 e. The first-order valence-electron chi connectivity index (χ1n) is 4.81. The van der Waals surface area contributed by atoms with Crippen LogP contribution in [0.5, 0.6) is 5.75 Å². The van der Waals surface area contributed by atoms with E-state index < -0.39 is 5.97 Å². The highest BCUT2D eigenvalue weighted by Crippen LogP contribution is 2.15. The highest BCUT2D eigenvalue weighted by Gasteiger charge is 2.01. The highest BCUT2D eigenvalue weighted by atomic mass is 16.7. The van der Waals surface area contributed by atoms with Crippen LogP contribution in [0.4, 0.5) is 5.69 Å².